The van der Waals surface area contributed by atoms with Gasteiger partial charge in [0.05, 0.1) is 12.9 Å². The quantitative estimate of drug-likeness (QED) is 0.185. The second kappa shape index (κ2) is 9.41. The zero-order chi connectivity index (χ0) is 28.9. The average Bonchev–Trinajstić information content (AvgIpc) is 3.29. The van der Waals surface area contributed by atoms with Crippen LogP contribution in [0.2, 0.25) is 5.28 Å². The number of aliphatic hydroxyl groups excluding tert-OH is 2. The van der Waals surface area contributed by atoms with Gasteiger partial charge in [-0.15, -0.1) is 0 Å². The lowest BCUT2D eigenvalue weighted by Gasteiger charge is -2.65. The van der Waals surface area contributed by atoms with E-state index in [9.17, 15) is 24.2 Å². The van der Waals surface area contributed by atoms with Gasteiger partial charge in [-0.2, -0.15) is 9.97 Å². The number of imidazole rings is 1. The maximum Gasteiger partial charge on any atom is 0.340 e. The van der Waals surface area contributed by atoms with Crippen molar-refractivity contribution in [2.75, 3.05) is 17.8 Å². The molecule has 4 unspecified atom stereocenters. The molecule has 2 aromatic rings. The van der Waals surface area contributed by atoms with E-state index < -0.39 is 52.2 Å². The van der Waals surface area contributed by atoms with Crippen molar-refractivity contribution in [3.63, 3.8) is 0 Å². The number of nitrogens with one attached hydrogen (secondary N) is 1. The molecule has 7 rings (SSSR count). The number of aliphatic hydroxyl groups is 2. The van der Waals surface area contributed by atoms with Gasteiger partial charge in [-0.05, 0) is 66.9 Å². The van der Waals surface area contributed by atoms with Gasteiger partial charge in [0.15, 0.2) is 29.1 Å². The predicted octanol–water partition coefficient (Wildman–Crippen LogP) is 2.60. The average molecular weight is 622 g/mol. The van der Waals surface area contributed by atoms with Crippen LogP contribution in [0.1, 0.15) is 58.6 Å². The van der Waals surface area contributed by atoms with Crippen LogP contribution in [0, 0.1) is 16.7 Å². The number of halogens is 1. The molecule has 4 saturated carbocycles. The van der Waals surface area contributed by atoms with Crippen LogP contribution in [0.15, 0.2) is 6.33 Å². The summed E-state index contributed by atoms with van der Waals surface area (Å²) in [6, 6.07) is 0. The molecule has 0 aromatic carbocycles. The van der Waals surface area contributed by atoms with Gasteiger partial charge in [-0.1, -0.05) is 13.8 Å². The van der Waals surface area contributed by atoms with Gasteiger partial charge < -0.3 is 39.5 Å². The van der Waals surface area contributed by atoms with E-state index in [-0.39, 0.29) is 27.3 Å². The highest BCUT2D eigenvalue weighted by atomic mass is 35.5. The summed E-state index contributed by atoms with van der Waals surface area (Å²) in [5.74, 6) is -0.260. The highest BCUT2D eigenvalue weighted by Crippen LogP contribution is 2.67. The normalized spacial score (nSPS) is 40.5. The molecule has 4 aliphatic carbocycles. The molecule has 0 amide bonds. The van der Waals surface area contributed by atoms with E-state index in [1.54, 1.807) is 0 Å². The molecule has 3 heterocycles. The van der Waals surface area contributed by atoms with Crippen molar-refractivity contribution < 1.29 is 43.3 Å². The Hall–Kier alpha value is -1.18. The second-order valence-electron chi connectivity index (χ2n) is 13.0. The van der Waals surface area contributed by atoms with Gasteiger partial charge in [-0.3, -0.25) is 13.7 Å². The van der Waals surface area contributed by atoms with E-state index in [0.29, 0.717) is 17.3 Å². The Bertz CT molecular complexity index is 1420. The molecule has 0 radical (unpaired) electrons. The number of fused-ring (bicyclic) bond motifs is 1. The monoisotopic (exact) mass is 621 g/mol. The van der Waals surface area contributed by atoms with E-state index in [4.69, 9.17) is 30.6 Å². The minimum Gasteiger partial charge on any atom is -0.387 e. The van der Waals surface area contributed by atoms with Crippen LogP contribution >= 0.6 is 26.8 Å². The van der Waals surface area contributed by atoms with E-state index in [1.165, 1.54) is 30.2 Å². The van der Waals surface area contributed by atoms with Crippen LogP contribution in [0.5, 0.6) is 0 Å². The Balaban J connectivity index is 1.25. The van der Waals surface area contributed by atoms with E-state index >= 15 is 0 Å². The summed E-state index contributed by atoms with van der Waals surface area (Å²) in [6.45, 7) is 4.05. The van der Waals surface area contributed by atoms with E-state index in [0.717, 1.165) is 19.3 Å². The first-order valence-electron chi connectivity index (χ1n) is 13.2. The SMILES string of the molecule is C[C@]12CC3CC(Nc4nc(Cl)nc5c4ncn5[C@@H]4O[C@H](COP(=O)(O)CP(=O)(O)O)[C@H](O)C4O)(C1)C[C@@](C)(C3)C2. The molecule has 17 heteroatoms. The largest absolute Gasteiger partial charge is 0.387 e. The smallest absolute Gasteiger partial charge is 0.340 e. The summed E-state index contributed by atoms with van der Waals surface area (Å²) in [7, 11) is -9.51. The van der Waals surface area contributed by atoms with Crippen molar-refractivity contribution in [2.45, 2.75) is 82.5 Å². The molecule has 6 N–H and O–H groups in total. The number of ether oxygens (including phenoxy) is 1. The zero-order valence-electron chi connectivity index (χ0n) is 22.1. The number of anilines is 1. The second-order valence-corrected chi connectivity index (χ2v) is 17.3. The molecular formula is C23H34ClN5O9P2. The fraction of sp³-hybridized carbons (Fsp3) is 0.783. The predicted molar refractivity (Wildman–Crippen MR) is 143 cm³/mol. The fourth-order valence-corrected chi connectivity index (χ4v) is 11.3. The standard InChI is InChI=1S/C23H34ClN5O9P2/c1-21-3-12-4-22(2,7-21)9-23(5-12,8-21)28-17-14-18(27-20(24)26-17)29(10-25-14)19-16(31)15(30)13(38-19)6-37-40(35,36)11-39(32,33)34/h10,12-13,15-16,19,30-31H,3-9,11H2,1-2H3,(H,35,36)(H,26,27,28)(H2,32,33,34)/t12?,13-,15+,16?,19-,21-,22+,23?/m1/s1. The van der Waals surface area contributed by atoms with E-state index in [2.05, 4.69) is 34.1 Å². The molecule has 4 bridgehead atoms. The Morgan fingerprint density at radius 2 is 1.77 bits per heavy atom. The number of hydrogen-bond acceptors (Lipinski definition) is 10. The molecule has 5 aliphatic rings. The van der Waals surface area contributed by atoms with Crippen molar-refractivity contribution in [3.8, 4) is 0 Å². The third-order valence-electron chi connectivity index (χ3n) is 8.82. The molecule has 14 nitrogen and oxygen atoms in total. The summed E-state index contributed by atoms with van der Waals surface area (Å²) >= 11 is 6.35. The highest BCUT2D eigenvalue weighted by molar-refractivity contribution is 7.70. The van der Waals surface area contributed by atoms with Gasteiger partial charge >= 0.3 is 15.2 Å². The number of hydrogen-bond donors (Lipinski definition) is 6. The van der Waals surface area contributed by atoms with Crippen molar-refractivity contribution >= 4 is 43.8 Å². The van der Waals surface area contributed by atoms with Crippen molar-refractivity contribution in [3.05, 3.63) is 11.6 Å². The van der Waals surface area contributed by atoms with Crippen LogP contribution < -0.4 is 5.32 Å². The molecular weight excluding hydrogens is 588 g/mol. The summed E-state index contributed by atoms with van der Waals surface area (Å²) in [4.78, 5) is 41.0. The van der Waals surface area contributed by atoms with E-state index in [1.807, 2.05) is 0 Å². The third-order valence-corrected chi connectivity index (χ3v) is 12.4. The first-order chi connectivity index (χ1) is 18.5. The molecule has 5 fully saturated rings. The first-order valence-corrected chi connectivity index (χ1v) is 17.1. The Kier molecular flexibility index (Phi) is 6.80. The van der Waals surface area contributed by atoms with Gasteiger partial charge in [0.2, 0.25) is 5.28 Å². The van der Waals surface area contributed by atoms with Crippen LogP contribution in [0.4, 0.5) is 5.82 Å². The summed E-state index contributed by atoms with van der Waals surface area (Å²) in [6.07, 6.45) is 2.61. The van der Waals surface area contributed by atoms with Crippen LogP contribution in [-0.4, -0.2) is 80.8 Å². The van der Waals surface area contributed by atoms with Gasteiger partial charge in [0, 0.05) is 5.54 Å². The lowest BCUT2D eigenvalue weighted by atomic mass is 9.43. The minimum atomic E-state index is -4.83. The number of nitrogens with zero attached hydrogens (tertiary/aromatic N) is 4. The molecule has 1 saturated heterocycles. The Morgan fingerprint density at radius 3 is 2.40 bits per heavy atom. The number of aromatic nitrogens is 4. The molecule has 40 heavy (non-hydrogen) atoms. The summed E-state index contributed by atoms with van der Waals surface area (Å²) in [5, 5.41) is 25.0. The van der Waals surface area contributed by atoms with Crippen LogP contribution in [0.25, 0.3) is 11.2 Å². The lowest BCUT2D eigenvalue weighted by Crippen LogP contribution is -2.61. The van der Waals surface area contributed by atoms with Crippen LogP contribution in [-0.2, 0) is 18.4 Å². The zero-order valence-corrected chi connectivity index (χ0v) is 24.6. The molecule has 0 spiro atoms. The van der Waals surface area contributed by atoms with Gasteiger partial charge in [-0.25, -0.2) is 4.98 Å². The van der Waals surface area contributed by atoms with Gasteiger partial charge in [0.1, 0.15) is 18.3 Å². The molecule has 2 aromatic heterocycles. The third kappa shape index (κ3) is 5.37. The summed E-state index contributed by atoms with van der Waals surface area (Å²) < 4.78 is 35.1. The molecule has 9 atom stereocenters. The Morgan fingerprint density at radius 1 is 1.10 bits per heavy atom. The summed E-state index contributed by atoms with van der Waals surface area (Å²) in [5.41, 5.74) is 1.05. The van der Waals surface area contributed by atoms with Crippen molar-refractivity contribution in [1.82, 2.24) is 19.5 Å². The maximum atomic E-state index is 12.0. The molecule has 1 aliphatic heterocycles. The topological polar surface area (TPSA) is 209 Å². The van der Waals surface area contributed by atoms with Crippen molar-refractivity contribution in [2.24, 2.45) is 16.7 Å². The highest BCUT2D eigenvalue weighted by Gasteiger charge is 2.60. The fourth-order valence-electron chi connectivity index (χ4n) is 8.56. The lowest BCUT2D eigenvalue weighted by molar-refractivity contribution is -0.0973. The van der Waals surface area contributed by atoms with Gasteiger partial charge in [0.25, 0.3) is 0 Å². The minimum absolute atomic E-state index is 0.0366. The molecule has 222 valence electrons. The number of rotatable bonds is 8. The van der Waals surface area contributed by atoms with Crippen molar-refractivity contribution in [1.29, 1.82) is 0 Å². The van der Waals surface area contributed by atoms with Crippen LogP contribution in [0.3, 0.4) is 0 Å². The maximum absolute atomic E-state index is 12.0. The Labute approximate surface area is 235 Å². The first kappa shape index (κ1) is 28.9.